The normalized spacial score (nSPS) is 13.8. The van der Waals surface area contributed by atoms with Gasteiger partial charge >= 0.3 is 6.09 Å². The second kappa shape index (κ2) is 8.99. The lowest BCUT2D eigenvalue weighted by molar-refractivity contribution is -0.118. The van der Waals surface area contributed by atoms with Crippen molar-refractivity contribution >= 4 is 17.7 Å². The largest absolute Gasteiger partial charge is 0.454 e. The summed E-state index contributed by atoms with van der Waals surface area (Å²) < 4.78 is 16.1. The number of allylic oxidation sites excluding steroid dienone is 1. The average molecular weight is 390 g/mol. The Morgan fingerprint density at radius 3 is 2.46 bits per heavy atom. The molecule has 7 heteroatoms. The van der Waals surface area contributed by atoms with Crippen molar-refractivity contribution in [3.63, 3.8) is 0 Å². The highest BCUT2D eigenvalue weighted by Gasteiger charge is 2.26. The molecule has 1 aliphatic rings. The molecule has 0 radical (unpaired) electrons. The maximum Gasteiger partial charge on any atom is 0.408 e. The number of rotatable bonds is 7. The van der Waals surface area contributed by atoms with Crippen LogP contribution in [0, 0.1) is 5.92 Å². The fourth-order valence-electron chi connectivity index (χ4n) is 2.80. The summed E-state index contributed by atoms with van der Waals surface area (Å²) in [4.78, 5) is 25.1. The highest BCUT2D eigenvalue weighted by atomic mass is 16.7. The summed E-state index contributed by atoms with van der Waals surface area (Å²) in [5.74, 6) is 1.10. The maximum absolute atomic E-state index is 12.9. The van der Waals surface area contributed by atoms with Crippen molar-refractivity contribution in [3.8, 4) is 11.5 Å². The first-order chi connectivity index (χ1) is 13.1. The summed E-state index contributed by atoms with van der Waals surface area (Å²) in [6.45, 7) is 13.2. The number of benzene rings is 1. The third-order valence-corrected chi connectivity index (χ3v) is 3.94. The average Bonchev–Trinajstić information content (AvgIpc) is 2.99. The van der Waals surface area contributed by atoms with Crippen LogP contribution in [0.25, 0.3) is 0 Å². The van der Waals surface area contributed by atoms with Crippen LogP contribution in [0.1, 0.15) is 46.6 Å². The van der Waals surface area contributed by atoms with Gasteiger partial charge in [-0.1, -0.05) is 19.9 Å². The molecule has 0 spiro atoms. The number of hydrogen-bond acceptors (Lipinski definition) is 5. The molecule has 2 rings (SSSR count). The standard InChI is InChI=1S/C21H30N2O5/c1-7-8-14-10-17-18(27-12-26-17)11-15(14)22-19(24)16(9-13(2)3)23-20(25)28-21(4,5)6/h7,10-11,13,16H,1,8-9,12H2,2-6H3,(H,22,24)(H,23,25)/t16-/m0/s1. The summed E-state index contributed by atoms with van der Waals surface area (Å²) in [7, 11) is 0. The molecule has 1 atom stereocenters. The number of amides is 2. The van der Waals surface area contributed by atoms with E-state index in [4.69, 9.17) is 14.2 Å². The van der Waals surface area contributed by atoms with E-state index in [0.29, 0.717) is 30.0 Å². The Labute approximate surface area is 166 Å². The van der Waals surface area contributed by atoms with Gasteiger partial charge in [-0.05, 0) is 51.2 Å². The first-order valence-electron chi connectivity index (χ1n) is 9.43. The lowest BCUT2D eigenvalue weighted by Gasteiger charge is -2.24. The second-order valence-corrected chi connectivity index (χ2v) is 8.17. The zero-order chi connectivity index (χ0) is 20.9. The van der Waals surface area contributed by atoms with E-state index in [1.165, 1.54) is 0 Å². The molecule has 0 saturated heterocycles. The number of nitrogens with one attached hydrogen (secondary N) is 2. The summed E-state index contributed by atoms with van der Waals surface area (Å²) in [5, 5.41) is 5.59. The molecule has 0 saturated carbocycles. The summed E-state index contributed by atoms with van der Waals surface area (Å²) in [6, 6.07) is 2.84. The van der Waals surface area contributed by atoms with Gasteiger partial charge in [0.1, 0.15) is 11.6 Å². The minimum Gasteiger partial charge on any atom is -0.454 e. The van der Waals surface area contributed by atoms with E-state index >= 15 is 0 Å². The van der Waals surface area contributed by atoms with Crippen LogP contribution in [0.5, 0.6) is 11.5 Å². The van der Waals surface area contributed by atoms with Crippen molar-refractivity contribution in [2.24, 2.45) is 5.92 Å². The van der Waals surface area contributed by atoms with Crippen molar-refractivity contribution in [1.82, 2.24) is 5.32 Å². The molecule has 0 aliphatic carbocycles. The molecule has 2 N–H and O–H groups in total. The van der Waals surface area contributed by atoms with Crippen molar-refractivity contribution in [1.29, 1.82) is 0 Å². The number of anilines is 1. The van der Waals surface area contributed by atoms with E-state index in [2.05, 4.69) is 17.2 Å². The van der Waals surface area contributed by atoms with Crippen molar-refractivity contribution in [2.45, 2.75) is 59.1 Å². The number of hydrogen-bond donors (Lipinski definition) is 2. The summed E-state index contributed by atoms with van der Waals surface area (Å²) in [6.07, 6.45) is 2.16. The minimum absolute atomic E-state index is 0.149. The van der Waals surface area contributed by atoms with Crippen molar-refractivity contribution in [3.05, 3.63) is 30.4 Å². The first kappa shape index (κ1) is 21.6. The predicted octanol–water partition coefficient (Wildman–Crippen LogP) is 4.02. The van der Waals surface area contributed by atoms with Crippen LogP contribution in [0.2, 0.25) is 0 Å². The second-order valence-electron chi connectivity index (χ2n) is 8.17. The molecule has 7 nitrogen and oxygen atoms in total. The monoisotopic (exact) mass is 390 g/mol. The van der Waals surface area contributed by atoms with Gasteiger partial charge < -0.3 is 24.8 Å². The molecule has 1 heterocycles. The van der Waals surface area contributed by atoms with Crippen molar-refractivity contribution < 1.29 is 23.8 Å². The Morgan fingerprint density at radius 1 is 1.25 bits per heavy atom. The van der Waals surface area contributed by atoms with Gasteiger partial charge in [-0.2, -0.15) is 0 Å². The Bertz CT molecular complexity index is 737. The minimum atomic E-state index is -0.725. The van der Waals surface area contributed by atoms with Gasteiger partial charge in [-0.3, -0.25) is 4.79 Å². The number of ether oxygens (including phenoxy) is 3. The van der Waals surface area contributed by atoms with Crippen LogP contribution in [0.4, 0.5) is 10.5 Å². The topological polar surface area (TPSA) is 85.9 Å². The van der Waals surface area contributed by atoms with Gasteiger partial charge in [0.15, 0.2) is 11.5 Å². The quantitative estimate of drug-likeness (QED) is 0.687. The van der Waals surface area contributed by atoms with E-state index in [-0.39, 0.29) is 18.6 Å². The maximum atomic E-state index is 12.9. The molecule has 1 aromatic carbocycles. The fraction of sp³-hybridized carbons (Fsp3) is 0.524. The zero-order valence-electron chi connectivity index (χ0n) is 17.3. The Morgan fingerprint density at radius 2 is 1.89 bits per heavy atom. The molecule has 1 aliphatic heterocycles. The molecular formula is C21H30N2O5. The highest BCUT2D eigenvalue weighted by Crippen LogP contribution is 2.37. The zero-order valence-corrected chi connectivity index (χ0v) is 17.3. The third kappa shape index (κ3) is 6.18. The molecule has 0 aromatic heterocycles. The molecular weight excluding hydrogens is 360 g/mol. The first-order valence-corrected chi connectivity index (χ1v) is 9.43. The fourth-order valence-corrected chi connectivity index (χ4v) is 2.80. The highest BCUT2D eigenvalue weighted by molar-refractivity contribution is 5.97. The van der Waals surface area contributed by atoms with Gasteiger partial charge in [0.25, 0.3) is 0 Å². The number of fused-ring (bicyclic) bond motifs is 1. The van der Waals surface area contributed by atoms with Crippen LogP contribution in [-0.2, 0) is 16.0 Å². The lowest BCUT2D eigenvalue weighted by atomic mass is 10.0. The van der Waals surface area contributed by atoms with Crippen molar-refractivity contribution in [2.75, 3.05) is 12.1 Å². The van der Waals surface area contributed by atoms with E-state index < -0.39 is 17.7 Å². The SMILES string of the molecule is C=CCc1cc2c(cc1NC(=O)[C@H](CC(C)C)NC(=O)OC(C)(C)C)OCO2. The van der Waals surface area contributed by atoms with E-state index in [9.17, 15) is 9.59 Å². The molecule has 0 fully saturated rings. The van der Waals surface area contributed by atoms with Gasteiger partial charge in [-0.25, -0.2) is 4.79 Å². The predicted molar refractivity (Wildman–Crippen MR) is 108 cm³/mol. The van der Waals surface area contributed by atoms with Gasteiger partial charge in [0, 0.05) is 11.8 Å². The third-order valence-electron chi connectivity index (χ3n) is 3.94. The van der Waals surface area contributed by atoms with Crippen LogP contribution < -0.4 is 20.1 Å². The Kier molecular flexibility index (Phi) is 6.94. The molecule has 0 unspecified atom stereocenters. The Balaban J connectivity index is 2.18. The summed E-state index contributed by atoms with van der Waals surface area (Å²) >= 11 is 0. The number of alkyl carbamates (subject to hydrolysis) is 1. The number of carbonyl (C=O) groups excluding carboxylic acids is 2. The smallest absolute Gasteiger partial charge is 0.408 e. The van der Waals surface area contributed by atoms with Crippen LogP contribution in [-0.4, -0.2) is 30.4 Å². The molecule has 2 amide bonds. The van der Waals surface area contributed by atoms with E-state index in [1.54, 1.807) is 32.9 Å². The van der Waals surface area contributed by atoms with Crippen LogP contribution in [0.15, 0.2) is 24.8 Å². The van der Waals surface area contributed by atoms with Gasteiger partial charge in [0.2, 0.25) is 12.7 Å². The van der Waals surface area contributed by atoms with Gasteiger partial charge in [0.05, 0.1) is 0 Å². The number of carbonyl (C=O) groups is 2. The van der Waals surface area contributed by atoms with Crippen LogP contribution >= 0.6 is 0 Å². The summed E-state index contributed by atoms with van der Waals surface area (Å²) in [5.41, 5.74) is 0.819. The molecule has 154 valence electrons. The Hall–Kier alpha value is -2.70. The molecule has 0 bridgehead atoms. The molecule has 28 heavy (non-hydrogen) atoms. The van der Waals surface area contributed by atoms with Gasteiger partial charge in [-0.15, -0.1) is 6.58 Å². The van der Waals surface area contributed by atoms with E-state index in [1.807, 2.05) is 19.9 Å². The molecule has 1 aromatic rings. The lowest BCUT2D eigenvalue weighted by Crippen LogP contribution is -2.46. The van der Waals surface area contributed by atoms with E-state index in [0.717, 1.165) is 5.56 Å². The van der Waals surface area contributed by atoms with Crippen LogP contribution in [0.3, 0.4) is 0 Å².